The molecule has 4 aromatic rings. The van der Waals surface area contributed by atoms with Gasteiger partial charge >= 0.3 is 0 Å². The molecule has 4 nitrogen and oxygen atoms in total. The van der Waals surface area contributed by atoms with E-state index in [1.54, 1.807) is 29.2 Å². The predicted octanol–water partition coefficient (Wildman–Crippen LogP) is 5.98. The lowest BCUT2D eigenvalue weighted by Gasteiger charge is -2.31. The van der Waals surface area contributed by atoms with E-state index in [0.717, 1.165) is 22.3 Å². The molecular weight excluding hydrogens is 487 g/mol. The van der Waals surface area contributed by atoms with Gasteiger partial charge in [-0.05, 0) is 46.5 Å². The topological polar surface area (TPSA) is 49.4 Å². The molecule has 2 amide bonds. The molecule has 0 aromatic heterocycles. The quantitative estimate of drug-likeness (QED) is 0.283. The summed E-state index contributed by atoms with van der Waals surface area (Å²) in [6.45, 7) is 0.483. The van der Waals surface area contributed by atoms with Crippen molar-refractivity contribution in [2.45, 2.75) is 32.0 Å². The number of halogens is 2. The van der Waals surface area contributed by atoms with Crippen LogP contribution in [0.4, 0.5) is 4.39 Å². The molecule has 0 fully saturated rings. The molecule has 0 radical (unpaired) electrons. The fourth-order valence-corrected chi connectivity index (χ4v) is 4.25. The van der Waals surface area contributed by atoms with Gasteiger partial charge in [-0.15, -0.1) is 0 Å². The van der Waals surface area contributed by atoms with Gasteiger partial charge in [0, 0.05) is 24.5 Å². The Balaban J connectivity index is 1.63. The van der Waals surface area contributed by atoms with Crippen LogP contribution in [-0.2, 0) is 35.5 Å². The third kappa shape index (κ3) is 7.76. The number of hydrogen-bond acceptors (Lipinski definition) is 2. The van der Waals surface area contributed by atoms with Crippen molar-refractivity contribution in [2.75, 3.05) is 0 Å². The Morgan fingerprint density at radius 2 is 1.30 bits per heavy atom. The maximum atomic E-state index is 13.7. The van der Waals surface area contributed by atoms with Gasteiger partial charge in [0.15, 0.2) is 0 Å². The standard InChI is InChI=1S/C31H28ClFN2O2/c32-27-15-11-25(12-16-27)21-34-31(37)29(19-23-7-3-1-4-8-23)35(22-26-13-17-28(33)18-14-26)30(36)20-24-9-5-2-6-10-24/h1-18,29H,19-22H2,(H,34,37)/t29-/m0/s1. The molecule has 0 unspecified atom stereocenters. The first kappa shape index (κ1) is 26.1. The van der Waals surface area contributed by atoms with E-state index in [-0.39, 0.29) is 30.6 Å². The molecule has 0 saturated carbocycles. The van der Waals surface area contributed by atoms with E-state index in [1.165, 1.54) is 12.1 Å². The lowest BCUT2D eigenvalue weighted by atomic mass is 10.0. The highest BCUT2D eigenvalue weighted by Crippen LogP contribution is 2.18. The van der Waals surface area contributed by atoms with Gasteiger partial charge in [0.25, 0.3) is 0 Å². The lowest BCUT2D eigenvalue weighted by molar-refractivity contribution is -0.140. The van der Waals surface area contributed by atoms with Crippen LogP contribution in [0.3, 0.4) is 0 Å². The molecule has 37 heavy (non-hydrogen) atoms. The Morgan fingerprint density at radius 3 is 1.92 bits per heavy atom. The highest BCUT2D eigenvalue weighted by Gasteiger charge is 2.30. The smallest absolute Gasteiger partial charge is 0.243 e. The third-order valence-corrected chi connectivity index (χ3v) is 6.37. The summed E-state index contributed by atoms with van der Waals surface area (Å²) in [5.74, 6) is -0.798. The molecule has 0 aliphatic rings. The van der Waals surface area contributed by atoms with Gasteiger partial charge in [0.05, 0.1) is 6.42 Å². The highest BCUT2D eigenvalue weighted by molar-refractivity contribution is 6.30. The molecule has 4 aromatic carbocycles. The second-order valence-electron chi connectivity index (χ2n) is 8.86. The van der Waals surface area contributed by atoms with Gasteiger partial charge in [-0.25, -0.2) is 4.39 Å². The van der Waals surface area contributed by atoms with Crippen molar-refractivity contribution in [2.24, 2.45) is 0 Å². The summed E-state index contributed by atoms with van der Waals surface area (Å²) < 4.78 is 13.6. The van der Waals surface area contributed by atoms with Crippen LogP contribution in [0.25, 0.3) is 0 Å². The van der Waals surface area contributed by atoms with Gasteiger partial charge in [-0.3, -0.25) is 9.59 Å². The molecule has 0 saturated heterocycles. The minimum Gasteiger partial charge on any atom is -0.350 e. The molecule has 0 bridgehead atoms. The van der Waals surface area contributed by atoms with Crippen LogP contribution < -0.4 is 5.32 Å². The SMILES string of the molecule is O=C(NCc1ccc(Cl)cc1)[C@H](Cc1ccccc1)N(Cc1ccc(F)cc1)C(=O)Cc1ccccc1. The molecular formula is C31H28ClFN2O2. The monoisotopic (exact) mass is 514 g/mol. The fraction of sp³-hybridized carbons (Fsp3) is 0.161. The average molecular weight is 515 g/mol. The molecule has 0 heterocycles. The van der Waals surface area contributed by atoms with Crippen LogP contribution in [0, 0.1) is 5.82 Å². The molecule has 0 aliphatic carbocycles. The summed E-state index contributed by atoms with van der Waals surface area (Å²) in [6.07, 6.45) is 0.493. The zero-order valence-electron chi connectivity index (χ0n) is 20.3. The van der Waals surface area contributed by atoms with E-state index in [2.05, 4.69) is 5.32 Å². The van der Waals surface area contributed by atoms with Crippen molar-refractivity contribution < 1.29 is 14.0 Å². The maximum Gasteiger partial charge on any atom is 0.243 e. The van der Waals surface area contributed by atoms with Crippen molar-refractivity contribution >= 4 is 23.4 Å². The number of nitrogens with zero attached hydrogens (tertiary/aromatic N) is 1. The van der Waals surface area contributed by atoms with E-state index in [1.807, 2.05) is 72.8 Å². The summed E-state index contributed by atoms with van der Waals surface area (Å²) >= 11 is 5.99. The third-order valence-electron chi connectivity index (χ3n) is 6.12. The van der Waals surface area contributed by atoms with Gasteiger partial charge in [-0.2, -0.15) is 0 Å². The van der Waals surface area contributed by atoms with E-state index >= 15 is 0 Å². The van der Waals surface area contributed by atoms with Crippen LogP contribution in [0.2, 0.25) is 5.02 Å². The van der Waals surface area contributed by atoms with Crippen LogP contribution in [-0.4, -0.2) is 22.8 Å². The van der Waals surface area contributed by atoms with E-state index in [9.17, 15) is 14.0 Å². The van der Waals surface area contributed by atoms with Crippen LogP contribution in [0.5, 0.6) is 0 Å². The number of nitrogens with one attached hydrogen (secondary N) is 1. The van der Waals surface area contributed by atoms with Gasteiger partial charge in [0.1, 0.15) is 11.9 Å². The largest absolute Gasteiger partial charge is 0.350 e. The Morgan fingerprint density at radius 1 is 0.730 bits per heavy atom. The van der Waals surface area contributed by atoms with Crippen LogP contribution in [0.15, 0.2) is 109 Å². The Bertz CT molecular complexity index is 1300. The second-order valence-corrected chi connectivity index (χ2v) is 9.30. The molecule has 188 valence electrons. The number of amides is 2. The molecule has 1 atom stereocenters. The first-order chi connectivity index (χ1) is 18.0. The summed E-state index contributed by atoms with van der Waals surface area (Å²) in [5, 5.41) is 3.62. The van der Waals surface area contributed by atoms with Crippen molar-refractivity contribution in [3.8, 4) is 0 Å². The maximum absolute atomic E-state index is 13.7. The first-order valence-electron chi connectivity index (χ1n) is 12.1. The van der Waals surface area contributed by atoms with E-state index in [0.29, 0.717) is 18.0 Å². The molecule has 1 N–H and O–H groups in total. The predicted molar refractivity (Wildman–Crippen MR) is 144 cm³/mol. The Kier molecular flexibility index (Phi) is 9.06. The Labute approximate surface area is 221 Å². The Hall–Kier alpha value is -3.96. The average Bonchev–Trinajstić information content (AvgIpc) is 2.92. The van der Waals surface area contributed by atoms with Crippen LogP contribution in [0.1, 0.15) is 22.3 Å². The molecule has 0 aliphatic heterocycles. The van der Waals surface area contributed by atoms with E-state index in [4.69, 9.17) is 11.6 Å². The van der Waals surface area contributed by atoms with Crippen molar-refractivity contribution in [1.29, 1.82) is 0 Å². The zero-order valence-corrected chi connectivity index (χ0v) is 21.1. The van der Waals surface area contributed by atoms with E-state index < -0.39 is 6.04 Å². The van der Waals surface area contributed by atoms with Crippen molar-refractivity contribution in [3.05, 3.63) is 142 Å². The summed E-state index contributed by atoms with van der Waals surface area (Å²) in [6, 6.07) is 31.6. The fourth-order valence-electron chi connectivity index (χ4n) is 4.12. The molecule has 0 spiro atoms. The zero-order chi connectivity index (χ0) is 26.0. The minimum atomic E-state index is -0.768. The number of carbonyl (C=O) groups excluding carboxylic acids is 2. The number of benzene rings is 4. The number of hydrogen-bond donors (Lipinski definition) is 1. The van der Waals surface area contributed by atoms with Crippen molar-refractivity contribution in [1.82, 2.24) is 10.2 Å². The summed E-state index contributed by atoms with van der Waals surface area (Å²) in [4.78, 5) is 28.9. The molecule has 6 heteroatoms. The van der Waals surface area contributed by atoms with Crippen molar-refractivity contribution in [3.63, 3.8) is 0 Å². The second kappa shape index (κ2) is 12.8. The van der Waals surface area contributed by atoms with Gasteiger partial charge < -0.3 is 10.2 Å². The van der Waals surface area contributed by atoms with Gasteiger partial charge in [-0.1, -0.05) is 96.5 Å². The first-order valence-corrected chi connectivity index (χ1v) is 12.5. The number of carbonyl (C=O) groups is 2. The summed E-state index contributed by atoms with van der Waals surface area (Å²) in [5.41, 5.74) is 3.44. The van der Waals surface area contributed by atoms with Crippen LogP contribution >= 0.6 is 11.6 Å². The minimum absolute atomic E-state index is 0.151. The summed E-state index contributed by atoms with van der Waals surface area (Å²) in [7, 11) is 0. The highest BCUT2D eigenvalue weighted by atomic mass is 35.5. The number of rotatable bonds is 10. The normalized spacial score (nSPS) is 11.5. The molecule has 4 rings (SSSR count). The van der Waals surface area contributed by atoms with Gasteiger partial charge in [0.2, 0.25) is 11.8 Å². The lowest BCUT2D eigenvalue weighted by Crippen LogP contribution is -2.50.